The second-order valence-corrected chi connectivity index (χ2v) is 8.94. The SMILES string of the molecule is O=C(c1ccc(OCC(F)(F)F)nc1)N1CCCC(c2ccccc2OS(=O)(=O)C(F)(F)F)C1. The molecular formula is C20H18F6N2O5S. The van der Waals surface area contributed by atoms with E-state index in [4.69, 9.17) is 0 Å². The van der Waals surface area contributed by atoms with Crippen LogP contribution >= 0.6 is 0 Å². The molecule has 1 aliphatic heterocycles. The van der Waals surface area contributed by atoms with E-state index in [9.17, 15) is 39.6 Å². The molecule has 2 aromatic rings. The highest BCUT2D eigenvalue weighted by atomic mass is 32.2. The minimum atomic E-state index is -5.87. The van der Waals surface area contributed by atoms with E-state index in [2.05, 4.69) is 13.9 Å². The van der Waals surface area contributed by atoms with Gasteiger partial charge in [0.05, 0.1) is 5.56 Å². The van der Waals surface area contributed by atoms with Crippen molar-refractivity contribution in [1.29, 1.82) is 0 Å². The Morgan fingerprint density at radius 1 is 1.09 bits per heavy atom. The minimum absolute atomic E-state index is 0.0532. The average molecular weight is 512 g/mol. The number of carbonyl (C=O) groups excluding carboxylic acids is 1. The number of alkyl halides is 6. The Morgan fingerprint density at radius 3 is 2.41 bits per heavy atom. The molecule has 0 radical (unpaired) electrons. The highest BCUT2D eigenvalue weighted by molar-refractivity contribution is 7.88. The molecule has 0 aliphatic carbocycles. The van der Waals surface area contributed by atoms with Gasteiger partial charge in [-0.25, -0.2) is 4.98 Å². The molecule has 1 amide bonds. The molecule has 34 heavy (non-hydrogen) atoms. The van der Waals surface area contributed by atoms with E-state index < -0.39 is 46.0 Å². The van der Waals surface area contributed by atoms with Crippen molar-refractivity contribution in [3.63, 3.8) is 0 Å². The second kappa shape index (κ2) is 9.68. The first-order valence-electron chi connectivity index (χ1n) is 9.81. The number of piperidine rings is 1. The number of ether oxygens (including phenoxy) is 1. The Labute approximate surface area is 190 Å². The Kier molecular flexibility index (Phi) is 7.29. The third kappa shape index (κ3) is 6.30. The van der Waals surface area contributed by atoms with E-state index in [-0.39, 0.29) is 23.6 Å². The van der Waals surface area contributed by atoms with Gasteiger partial charge in [-0.3, -0.25) is 4.79 Å². The molecule has 1 atom stereocenters. The molecule has 1 unspecified atom stereocenters. The number of rotatable bonds is 6. The molecule has 1 saturated heterocycles. The summed E-state index contributed by atoms with van der Waals surface area (Å²) in [6.07, 6.45) is -2.56. The molecule has 1 aromatic heterocycles. The van der Waals surface area contributed by atoms with Gasteiger partial charge in [0.1, 0.15) is 5.75 Å². The number of hydrogen-bond acceptors (Lipinski definition) is 6. The Balaban J connectivity index is 1.73. The fraction of sp³-hybridized carbons (Fsp3) is 0.400. The molecule has 7 nitrogen and oxygen atoms in total. The molecule has 0 spiro atoms. The maximum absolute atomic E-state index is 12.8. The van der Waals surface area contributed by atoms with Crippen molar-refractivity contribution in [3.05, 3.63) is 53.7 Å². The van der Waals surface area contributed by atoms with Crippen molar-refractivity contribution in [2.24, 2.45) is 0 Å². The lowest BCUT2D eigenvalue weighted by Gasteiger charge is -2.33. The van der Waals surface area contributed by atoms with Gasteiger partial charge in [-0.2, -0.15) is 34.8 Å². The number of halogens is 6. The molecule has 3 rings (SSSR count). The number of para-hydroxylation sites is 1. The highest BCUT2D eigenvalue weighted by Crippen LogP contribution is 2.36. The summed E-state index contributed by atoms with van der Waals surface area (Å²) in [6, 6.07) is 7.72. The van der Waals surface area contributed by atoms with Crippen LogP contribution in [0, 0.1) is 0 Å². The summed E-state index contributed by atoms with van der Waals surface area (Å²) in [7, 11) is -5.87. The molecule has 0 N–H and O–H groups in total. The number of pyridine rings is 1. The van der Waals surface area contributed by atoms with E-state index in [1.54, 1.807) is 0 Å². The van der Waals surface area contributed by atoms with Crippen molar-refractivity contribution in [1.82, 2.24) is 9.88 Å². The first-order valence-corrected chi connectivity index (χ1v) is 11.2. The maximum atomic E-state index is 12.8. The zero-order valence-corrected chi connectivity index (χ0v) is 18.1. The first kappa shape index (κ1) is 25.6. The molecule has 2 heterocycles. The number of likely N-dealkylation sites (tertiary alicyclic amines) is 1. The van der Waals surface area contributed by atoms with Crippen LogP contribution in [0.2, 0.25) is 0 Å². The van der Waals surface area contributed by atoms with Gasteiger partial charge < -0.3 is 13.8 Å². The number of aromatic nitrogens is 1. The maximum Gasteiger partial charge on any atom is 0.534 e. The Morgan fingerprint density at radius 2 is 1.79 bits per heavy atom. The minimum Gasteiger partial charge on any atom is -0.468 e. The van der Waals surface area contributed by atoms with E-state index >= 15 is 0 Å². The van der Waals surface area contributed by atoms with Crippen molar-refractivity contribution in [2.45, 2.75) is 30.4 Å². The van der Waals surface area contributed by atoms with E-state index in [0.29, 0.717) is 19.4 Å². The smallest absolute Gasteiger partial charge is 0.468 e. The Hall–Kier alpha value is -3.03. The molecule has 1 aromatic carbocycles. The van der Waals surface area contributed by atoms with Crippen LogP contribution in [0.25, 0.3) is 0 Å². The summed E-state index contributed by atoms with van der Waals surface area (Å²) in [5.41, 5.74) is -5.33. The van der Waals surface area contributed by atoms with Crippen molar-refractivity contribution in [2.75, 3.05) is 19.7 Å². The summed E-state index contributed by atoms with van der Waals surface area (Å²) in [5, 5.41) is 0. The van der Waals surface area contributed by atoms with Gasteiger partial charge in [0.2, 0.25) is 5.88 Å². The highest BCUT2D eigenvalue weighted by Gasteiger charge is 2.49. The van der Waals surface area contributed by atoms with Crippen LogP contribution in [0.5, 0.6) is 11.6 Å². The van der Waals surface area contributed by atoms with Crippen LogP contribution in [0.4, 0.5) is 26.3 Å². The Bertz CT molecular complexity index is 1120. The van der Waals surface area contributed by atoms with Crippen LogP contribution in [0.3, 0.4) is 0 Å². The molecule has 186 valence electrons. The van der Waals surface area contributed by atoms with E-state index in [0.717, 1.165) is 18.3 Å². The summed E-state index contributed by atoms with van der Waals surface area (Å²) >= 11 is 0. The summed E-state index contributed by atoms with van der Waals surface area (Å²) < 4.78 is 107. The fourth-order valence-corrected chi connectivity index (χ4v) is 3.89. The number of hydrogen-bond donors (Lipinski definition) is 0. The van der Waals surface area contributed by atoms with Crippen LogP contribution in [0.1, 0.15) is 34.7 Å². The number of benzene rings is 1. The van der Waals surface area contributed by atoms with Gasteiger partial charge in [0.15, 0.2) is 6.61 Å². The first-order chi connectivity index (χ1) is 15.8. The van der Waals surface area contributed by atoms with E-state index in [1.165, 1.54) is 29.2 Å². The van der Waals surface area contributed by atoms with Crippen LogP contribution in [0.15, 0.2) is 42.6 Å². The summed E-state index contributed by atoms with van der Waals surface area (Å²) in [4.78, 5) is 17.9. The summed E-state index contributed by atoms with van der Waals surface area (Å²) in [6.45, 7) is -1.17. The fourth-order valence-electron chi connectivity index (χ4n) is 3.41. The number of carbonyl (C=O) groups is 1. The van der Waals surface area contributed by atoms with Crippen molar-refractivity contribution < 1.29 is 48.5 Å². The predicted molar refractivity (Wildman–Crippen MR) is 106 cm³/mol. The third-order valence-corrected chi connectivity index (χ3v) is 5.88. The molecular weight excluding hydrogens is 494 g/mol. The molecule has 1 aliphatic rings. The quantitative estimate of drug-likeness (QED) is 0.327. The molecule has 14 heteroatoms. The standard InChI is InChI=1S/C20H18F6N2O5S/c21-19(22,23)12-32-17-8-7-13(10-27-17)18(29)28-9-3-4-14(11-28)15-5-1-2-6-16(15)33-34(30,31)20(24,25)26/h1-2,5-8,10,14H,3-4,9,11-12H2. The van der Waals surface area contributed by atoms with Crippen LogP contribution in [-0.4, -0.2) is 55.6 Å². The monoisotopic (exact) mass is 512 g/mol. The van der Waals surface area contributed by atoms with Gasteiger partial charge in [-0.15, -0.1) is 0 Å². The van der Waals surface area contributed by atoms with Crippen LogP contribution < -0.4 is 8.92 Å². The lowest BCUT2D eigenvalue weighted by atomic mass is 9.89. The van der Waals surface area contributed by atoms with E-state index in [1.807, 2.05) is 0 Å². The zero-order valence-electron chi connectivity index (χ0n) is 17.3. The number of nitrogens with zero attached hydrogens (tertiary/aromatic N) is 2. The van der Waals surface area contributed by atoms with Crippen molar-refractivity contribution >= 4 is 16.0 Å². The van der Waals surface area contributed by atoms with Gasteiger partial charge >= 0.3 is 21.8 Å². The largest absolute Gasteiger partial charge is 0.534 e. The third-order valence-electron chi connectivity index (χ3n) is 4.92. The van der Waals surface area contributed by atoms with Gasteiger partial charge in [-0.05, 0) is 25.0 Å². The predicted octanol–water partition coefficient (Wildman–Crippen LogP) is 4.27. The molecule has 0 saturated carbocycles. The zero-order chi connectivity index (χ0) is 25.1. The number of amides is 1. The van der Waals surface area contributed by atoms with Gasteiger partial charge in [0.25, 0.3) is 5.91 Å². The second-order valence-electron chi connectivity index (χ2n) is 7.40. The molecule has 0 bridgehead atoms. The van der Waals surface area contributed by atoms with Gasteiger partial charge in [-0.1, -0.05) is 18.2 Å². The average Bonchev–Trinajstić information content (AvgIpc) is 2.76. The van der Waals surface area contributed by atoms with Crippen LogP contribution in [-0.2, 0) is 10.1 Å². The van der Waals surface area contributed by atoms with Crippen molar-refractivity contribution in [3.8, 4) is 11.6 Å². The molecule has 1 fully saturated rings. The topological polar surface area (TPSA) is 85.8 Å². The summed E-state index contributed by atoms with van der Waals surface area (Å²) in [5.74, 6) is -1.81. The lowest BCUT2D eigenvalue weighted by Crippen LogP contribution is -2.39. The lowest BCUT2D eigenvalue weighted by molar-refractivity contribution is -0.154. The van der Waals surface area contributed by atoms with Gasteiger partial charge in [0, 0.05) is 36.8 Å². The normalized spacial score (nSPS) is 17.4.